The second-order valence-corrected chi connectivity index (χ2v) is 6.68. The first-order chi connectivity index (χ1) is 12.7. The fourth-order valence-electron chi connectivity index (χ4n) is 3.79. The van der Waals surface area contributed by atoms with Gasteiger partial charge in [-0.3, -0.25) is 4.68 Å². The van der Waals surface area contributed by atoms with Crippen LogP contribution in [0, 0.1) is 18.3 Å². The molecule has 1 fully saturated rings. The topological polar surface area (TPSA) is 80.2 Å². The van der Waals surface area contributed by atoms with E-state index in [2.05, 4.69) is 33.2 Å². The Labute approximate surface area is 152 Å². The highest BCUT2D eigenvalue weighted by Gasteiger charge is 2.20. The molecular formula is C19H22N6O. The zero-order valence-electron chi connectivity index (χ0n) is 15.1. The molecule has 1 saturated heterocycles. The molecule has 1 aliphatic rings. The molecular weight excluding hydrogens is 328 g/mol. The third-order valence-electron chi connectivity index (χ3n) is 5.16. The van der Waals surface area contributed by atoms with Crippen LogP contribution < -0.4 is 10.1 Å². The smallest absolute Gasteiger partial charge is 0.146 e. The Morgan fingerprint density at radius 2 is 2.15 bits per heavy atom. The number of fused-ring (bicyclic) bond motifs is 1. The minimum absolute atomic E-state index is 0.430. The summed E-state index contributed by atoms with van der Waals surface area (Å²) < 4.78 is 9.39. The van der Waals surface area contributed by atoms with Gasteiger partial charge in [-0.25, -0.2) is 4.52 Å². The van der Waals surface area contributed by atoms with Crippen molar-refractivity contribution in [2.75, 3.05) is 20.2 Å². The monoisotopic (exact) mass is 350 g/mol. The Kier molecular flexibility index (Phi) is 4.35. The Balaban J connectivity index is 1.77. The van der Waals surface area contributed by atoms with Gasteiger partial charge >= 0.3 is 0 Å². The van der Waals surface area contributed by atoms with E-state index >= 15 is 0 Å². The normalized spacial score (nSPS) is 17.8. The predicted molar refractivity (Wildman–Crippen MR) is 98.2 cm³/mol. The van der Waals surface area contributed by atoms with Gasteiger partial charge in [-0.15, -0.1) is 0 Å². The number of hydrogen-bond acceptors (Lipinski definition) is 5. The summed E-state index contributed by atoms with van der Waals surface area (Å²) in [6.07, 6.45) is 8.82. The first-order valence-electron chi connectivity index (χ1n) is 8.93. The molecule has 0 spiro atoms. The predicted octanol–water partition coefficient (Wildman–Crippen LogP) is 2.70. The molecule has 0 bridgehead atoms. The molecule has 0 aliphatic carbocycles. The highest BCUT2D eigenvalue weighted by Crippen LogP contribution is 2.32. The van der Waals surface area contributed by atoms with Gasteiger partial charge in [-0.1, -0.05) is 0 Å². The van der Waals surface area contributed by atoms with Gasteiger partial charge in [0.05, 0.1) is 25.5 Å². The third-order valence-corrected chi connectivity index (χ3v) is 5.16. The van der Waals surface area contributed by atoms with Crippen LogP contribution in [0.25, 0.3) is 16.6 Å². The Hall–Kier alpha value is -2.85. The van der Waals surface area contributed by atoms with Crippen LogP contribution in [-0.2, 0) is 0 Å². The molecule has 7 nitrogen and oxygen atoms in total. The second-order valence-electron chi connectivity index (χ2n) is 6.68. The van der Waals surface area contributed by atoms with Crippen molar-refractivity contribution < 1.29 is 4.74 Å². The van der Waals surface area contributed by atoms with Gasteiger partial charge in [0.25, 0.3) is 0 Å². The maximum absolute atomic E-state index is 9.27. The fraction of sp³-hybridized carbons (Fsp3) is 0.421. The van der Waals surface area contributed by atoms with E-state index in [0.29, 0.717) is 22.9 Å². The zero-order chi connectivity index (χ0) is 18.1. The Bertz CT molecular complexity index is 972. The summed E-state index contributed by atoms with van der Waals surface area (Å²) in [7, 11) is 1.61. The number of nitrogens with zero attached hydrogens (tertiary/aromatic N) is 5. The lowest BCUT2D eigenvalue weighted by atomic mass is 10.1. The van der Waals surface area contributed by atoms with E-state index in [1.165, 1.54) is 6.42 Å². The lowest BCUT2D eigenvalue weighted by Gasteiger charge is -2.17. The molecule has 1 atom stereocenters. The largest absolute Gasteiger partial charge is 0.494 e. The number of rotatable bonds is 3. The third kappa shape index (κ3) is 2.72. The number of pyridine rings is 1. The summed E-state index contributed by atoms with van der Waals surface area (Å²) in [5.41, 5.74) is 4.39. The molecule has 26 heavy (non-hydrogen) atoms. The van der Waals surface area contributed by atoms with E-state index in [0.717, 1.165) is 42.8 Å². The first-order valence-corrected chi connectivity index (χ1v) is 8.93. The van der Waals surface area contributed by atoms with Crippen molar-refractivity contribution in [1.29, 1.82) is 5.26 Å². The molecule has 0 unspecified atom stereocenters. The van der Waals surface area contributed by atoms with E-state index < -0.39 is 0 Å². The van der Waals surface area contributed by atoms with Gasteiger partial charge in [0.2, 0.25) is 0 Å². The molecule has 3 aromatic heterocycles. The van der Waals surface area contributed by atoms with Crippen LogP contribution in [0.15, 0.2) is 24.7 Å². The minimum atomic E-state index is 0.430. The standard InChI is InChI=1S/C19H22N6O/c1-13-17(11-23-25(13)16-4-3-6-21-7-5-16)14-8-18(26-2)19-15(9-20)10-22-24(19)12-14/h8,10-12,16,21H,3-7H2,1-2H3/t16-/m1/s1. The molecule has 0 radical (unpaired) electrons. The Morgan fingerprint density at radius 3 is 2.96 bits per heavy atom. The van der Waals surface area contributed by atoms with Gasteiger partial charge < -0.3 is 10.1 Å². The average Bonchev–Trinajstić information content (AvgIpc) is 3.14. The molecule has 4 heterocycles. The zero-order valence-corrected chi connectivity index (χ0v) is 15.1. The van der Waals surface area contributed by atoms with E-state index in [9.17, 15) is 5.26 Å². The van der Waals surface area contributed by atoms with Crippen molar-refractivity contribution in [2.24, 2.45) is 0 Å². The minimum Gasteiger partial charge on any atom is -0.494 e. The van der Waals surface area contributed by atoms with Crippen molar-refractivity contribution >= 4 is 5.52 Å². The van der Waals surface area contributed by atoms with Gasteiger partial charge in [0.1, 0.15) is 22.9 Å². The second kappa shape index (κ2) is 6.81. The van der Waals surface area contributed by atoms with Gasteiger partial charge in [0, 0.05) is 23.0 Å². The van der Waals surface area contributed by atoms with Gasteiger partial charge in [-0.2, -0.15) is 15.5 Å². The molecule has 4 rings (SSSR count). The number of aromatic nitrogens is 4. The van der Waals surface area contributed by atoms with Crippen LogP contribution in [0.4, 0.5) is 0 Å². The molecule has 1 N–H and O–H groups in total. The van der Waals surface area contributed by atoms with E-state index in [1.54, 1.807) is 17.8 Å². The molecule has 134 valence electrons. The summed E-state index contributed by atoms with van der Waals surface area (Å²) in [4.78, 5) is 0. The quantitative estimate of drug-likeness (QED) is 0.785. The molecule has 3 aromatic rings. The van der Waals surface area contributed by atoms with Crippen molar-refractivity contribution in [3.05, 3.63) is 35.9 Å². The highest BCUT2D eigenvalue weighted by atomic mass is 16.5. The van der Waals surface area contributed by atoms with Gasteiger partial charge in [0.15, 0.2) is 0 Å². The van der Waals surface area contributed by atoms with Crippen LogP contribution in [0.1, 0.15) is 36.6 Å². The van der Waals surface area contributed by atoms with Crippen LogP contribution in [0.5, 0.6) is 5.75 Å². The van der Waals surface area contributed by atoms with E-state index in [4.69, 9.17) is 4.74 Å². The Morgan fingerprint density at radius 1 is 1.27 bits per heavy atom. The van der Waals surface area contributed by atoms with Crippen LogP contribution >= 0.6 is 0 Å². The van der Waals surface area contributed by atoms with Crippen LogP contribution in [0.3, 0.4) is 0 Å². The van der Waals surface area contributed by atoms with Crippen molar-refractivity contribution in [3.8, 4) is 22.9 Å². The molecule has 7 heteroatoms. The highest BCUT2D eigenvalue weighted by molar-refractivity contribution is 5.75. The maximum atomic E-state index is 9.27. The maximum Gasteiger partial charge on any atom is 0.146 e. The number of nitrogens with one attached hydrogen (secondary N) is 1. The van der Waals surface area contributed by atoms with Gasteiger partial charge in [-0.05, 0) is 45.3 Å². The first kappa shape index (κ1) is 16.6. The van der Waals surface area contributed by atoms with Crippen molar-refractivity contribution in [3.63, 3.8) is 0 Å². The molecule has 0 amide bonds. The molecule has 0 aromatic carbocycles. The SMILES string of the molecule is COc1cc(-c2cnn([C@@H]3CCCNCC3)c2C)cn2ncc(C#N)c12. The van der Waals surface area contributed by atoms with Crippen LogP contribution in [0.2, 0.25) is 0 Å². The van der Waals surface area contributed by atoms with Crippen LogP contribution in [-0.4, -0.2) is 39.6 Å². The summed E-state index contributed by atoms with van der Waals surface area (Å²) in [5, 5.41) is 21.7. The summed E-state index contributed by atoms with van der Waals surface area (Å²) >= 11 is 0. The van der Waals surface area contributed by atoms with E-state index in [1.807, 2.05) is 18.5 Å². The molecule has 1 aliphatic heterocycles. The average molecular weight is 350 g/mol. The summed E-state index contributed by atoms with van der Waals surface area (Å²) in [6.45, 7) is 4.22. The van der Waals surface area contributed by atoms with E-state index in [-0.39, 0.29) is 0 Å². The summed E-state index contributed by atoms with van der Waals surface area (Å²) in [5.74, 6) is 0.641. The lowest BCUT2D eigenvalue weighted by molar-refractivity contribution is 0.406. The van der Waals surface area contributed by atoms with Crippen molar-refractivity contribution in [1.82, 2.24) is 24.7 Å². The molecule has 0 saturated carbocycles. The number of methoxy groups -OCH3 is 1. The number of ether oxygens (including phenoxy) is 1. The summed E-state index contributed by atoms with van der Waals surface area (Å²) in [6, 6.07) is 4.55. The number of hydrogen-bond donors (Lipinski definition) is 1. The fourth-order valence-corrected chi connectivity index (χ4v) is 3.79. The lowest BCUT2D eigenvalue weighted by Crippen LogP contribution is -2.16. The number of nitriles is 1. The van der Waals surface area contributed by atoms with Crippen molar-refractivity contribution in [2.45, 2.75) is 32.2 Å².